The number of ether oxygens (including phenoxy) is 2. The Bertz CT molecular complexity index is 1500. The van der Waals surface area contributed by atoms with Crippen LogP contribution in [0.3, 0.4) is 0 Å². The first-order valence-corrected chi connectivity index (χ1v) is 15.4. The number of methoxy groups -OCH3 is 1. The quantitative estimate of drug-likeness (QED) is 0.323. The van der Waals surface area contributed by atoms with Gasteiger partial charge in [-0.25, -0.2) is 8.42 Å². The summed E-state index contributed by atoms with van der Waals surface area (Å²) in [7, 11) is -2.36. The van der Waals surface area contributed by atoms with Gasteiger partial charge in [0.1, 0.15) is 17.2 Å². The first-order chi connectivity index (χ1) is 20.0. The van der Waals surface area contributed by atoms with Gasteiger partial charge in [0, 0.05) is 50.5 Å². The summed E-state index contributed by atoms with van der Waals surface area (Å²) in [5.41, 5.74) is -0.501. The zero-order valence-corrected chi connectivity index (χ0v) is 24.6. The molecule has 0 aliphatic carbocycles. The molecule has 2 saturated heterocycles. The maximum atomic E-state index is 13.7. The Hall–Kier alpha value is -3.14. The van der Waals surface area contributed by atoms with Crippen LogP contribution in [0.2, 0.25) is 0 Å². The zero-order valence-electron chi connectivity index (χ0n) is 23.8. The van der Waals surface area contributed by atoms with E-state index in [-0.39, 0.29) is 39.5 Å². The van der Waals surface area contributed by atoms with Gasteiger partial charge in [-0.1, -0.05) is 6.92 Å². The van der Waals surface area contributed by atoms with Gasteiger partial charge in [-0.2, -0.15) is 27.4 Å². The van der Waals surface area contributed by atoms with Crippen LogP contribution in [0.4, 0.5) is 30.6 Å². The number of hydrogen-bond donors (Lipinski definition) is 3. The highest BCUT2D eigenvalue weighted by Crippen LogP contribution is 2.39. The lowest BCUT2D eigenvalue weighted by Gasteiger charge is -2.39. The van der Waals surface area contributed by atoms with Gasteiger partial charge in [0.25, 0.3) is 0 Å². The van der Waals surface area contributed by atoms with Gasteiger partial charge in [-0.05, 0) is 38.3 Å². The van der Waals surface area contributed by atoms with Crippen LogP contribution >= 0.6 is 0 Å². The zero-order chi connectivity index (χ0) is 30.1. The Balaban J connectivity index is 1.37. The number of nitrogens with zero attached hydrogens (tertiary/aromatic N) is 4. The molecule has 4 heterocycles. The van der Waals surface area contributed by atoms with Crippen LogP contribution in [-0.4, -0.2) is 91.2 Å². The number of fused-ring (bicyclic) bond motifs is 1. The fraction of sp³-hybridized carbons (Fsp3) is 0.556. The third kappa shape index (κ3) is 6.28. The van der Waals surface area contributed by atoms with Crippen LogP contribution in [0.1, 0.15) is 38.7 Å². The van der Waals surface area contributed by atoms with Gasteiger partial charge in [-0.3, -0.25) is 4.90 Å². The number of alkyl halides is 3. The number of halogens is 3. The van der Waals surface area contributed by atoms with Gasteiger partial charge >= 0.3 is 6.18 Å². The number of anilines is 3. The predicted molar refractivity (Wildman–Crippen MR) is 153 cm³/mol. The monoisotopic (exact) mass is 611 g/mol. The summed E-state index contributed by atoms with van der Waals surface area (Å²) in [6.07, 6.45) is -1.57. The average molecular weight is 612 g/mol. The van der Waals surface area contributed by atoms with Crippen molar-refractivity contribution in [1.29, 1.82) is 0 Å². The number of hydrogen-bond acceptors (Lipinski definition) is 9. The molecule has 1 atom stereocenters. The summed E-state index contributed by atoms with van der Waals surface area (Å²) < 4.78 is 80.5. The fourth-order valence-corrected chi connectivity index (χ4v) is 6.83. The topological polar surface area (TPSA) is 125 Å². The number of H-pyrrole nitrogens is 1. The van der Waals surface area contributed by atoms with Crippen molar-refractivity contribution >= 4 is 38.5 Å². The number of aromatic nitrogens is 3. The lowest BCUT2D eigenvalue weighted by molar-refractivity contribution is -0.136. The van der Waals surface area contributed by atoms with E-state index in [1.165, 1.54) is 29.6 Å². The molecule has 2 fully saturated rings. The van der Waals surface area contributed by atoms with E-state index < -0.39 is 21.8 Å². The molecule has 0 saturated carbocycles. The van der Waals surface area contributed by atoms with E-state index in [1.54, 1.807) is 0 Å². The molecule has 2 aliphatic heterocycles. The summed E-state index contributed by atoms with van der Waals surface area (Å²) in [6.45, 7) is 7.72. The van der Waals surface area contributed by atoms with E-state index in [4.69, 9.17) is 9.47 Å². The van der Waals surface area contributed by atoms with Crippen LogP contribution in [0, 0.1) is 0 Å². The van der Waals surface area contributed by atoms with Crippen molar-refractivity contribution in [2.75, 3.05) is 57.1 Å². The molecule has 0 amide bonds. The van der Waals surface area contributed by atoms with Crippen LogP contribution in [0.5, 0.6) is 5.75 Å². The highest BCUT2D eigenvalue weighted by Gasteiger charge is 2.36. The molecule has 1 aromatic carbocycles. The first-order valence-electron chi connectivity index (χ1n) is 14.0. The Morgan fingerprint density at radius 3 is 2.52 bits per heavy atom. The molecule has 11 nitrogen and oxygen atoms in total. The van der Waals surface area contributed by atoms with Crippen molar-refractivity contribution in [2.45, 2.75) is 56.3 Å². The highest BCUT2D eigenvalue weighted by molar-refractivity contribution is 7.89. The van der Waals surface area contributed by atoms with Gasteiger partial charge in [-0.15, -0.1) is 0 Å². The number of benzene rings is 1. The fourth-order valence-electron chi connectivity index (χ4n) is 5.35. The molecule has 0 unspecified atom stereocenters. The maximum Gasteiger partial charge on any atom is 0.418 e. The first kappa shape index (κ1) is 30.3. The molecular weight excluding hydrogens is 575 g/mol. The third-order valence-electron chi connectivity index (χ3n) is 7.88. The Morgan fingerprint density at radius 1 is 1.17 bits per heavy atom. The van der Waals surface area contributed by atoms with Crippen LogP contribution in [0.25, 0.3) is 11.0 Å². The number of rotatable bonds is 9. The Morgan fingerprint density at radius 2 is 1.88 bits per heavy atom. The maximum absolute atomic E-state index is 13.7. The van der Waals surface area contributed by atoms with E-state index in [0.717, 1.165) is 32.1 Å². The molecule has 0 spiro atoms. The highest BCUT2D eigenvalue weighted by atomic mass is 32.2. The Kier molecular flexibility index (Phi) is 8.83. The van der Waals surface area contributed by atoms with Crippen molar-refractivity contribution in [1.82, 2.24) is 24.2 Å². The molecular formula is C27H36F3N7O4S. The van der Waals surface area contributed by atoms with Crippen molar-refractivity contribution in [2.24, 2.45) is 0 Å². The molecule has 2 aromatic heterocycles. The minimum Gasteiger partial charge on any atom is -0.495 e. The summed E-state index contributed by atoms with van der Waals surface area (Å²) in [4.78, 5) is 13.7. The van der Waals surface area contributed by atoms with E-state index in [1.807, 2.05) is 13.8 Å². The lowest BCUT2D eigenvalue weighted by Crippen LogP contribution is -2.50. The minimum absolute atomic E-state index is 0.00396. The number of piperidine rings is 1. The van der Waals surface area contributed by atoms with Crippen molar-refractivity contribution in [3.8, 4) is 5.75 Å². The molecule has 15 heteroatoms. The molecule has 42 heavy (non-hydrogen) atoms. The van der Waals surface area contributed by atoms with Crippen molar-refractivity contribution in [3.05, 3.63) is 30.0 Å². The van der Waals surface area contributed by atoms with Crippen molar-refractivity contribution in [3.63, 3.8) is 0 Å². The molecule has 3 aromatic rings. The standard InChI is InChI=1S/C27H36F3N7O4S/c1-4-17(2)32-25-23-20(27(28,29)30)16-31-24(23)34-26(35-25)33-21-6-5-19(15-22(21)40-3)42(38,39)37-9-7-18(8-10-37)36-11-13-41-14-12-36/h5-6,15-18H,4,7-14H2,1-3H3,(H3,31,32,33,34,35)/t17-/m1/s1. The summed E-state index contributed by atoms with van der Waals surface area (Å²) >= 11 is 0. The number of nitrogens with one attached hydrogen (secondary N) is 3. The number of morpholine rings is 1. The largest absolute Gasteiger partial charge is 0.495 e. The summed E-state index contributed by atoms with van der Waals surface area (Å²) in [5, 5.41) is 5.87. The Labute approximate surface area is 242 Å². The summed E-state index contributed by atoms with van der Waals surface area (Å²) in [6, 6.07) is 4.63. The van der Waals surface area contributed by atoms with Crippen LogP contribution < -0.4 is 15.4 Å². The van der Waals surface area contributed by atoms with Gasteiger partial charge in [0.05, 0.1) is 41.9 Å². The summed E-state index contributed by atoms with van der Waals surface area (Å²) in [5.74, 6) is 0.272. The van der Waals surface area contributed by atoms with E-state index in [0.29, 0.717) is 44.5 Å². The van der Waals surface area contributed by atoms with Crippen LogP contribution in [-0.2, 0) is 20.9 Å². The predicted octanol–water partition coefficient (Wildman–Crippen LogP) is 4.42. The SMILES string of the molecule is CC[C@@H](C)Nc1nc(Nc2ccc(S(=O)(=O)N3CCC(N4CCOCC4)CC3)cc2OC)nc2[nH]cc(C(F)(F)F)c12. The second kappa shape index (κ2) is 12.2. The molecule has 230 valence electrons. The third-order valence-corrected chi connectivity index (χ3v) is 9.77. The van der Waals surface area contributed by atoms with Crippen molar-refractivity contribution < 1.29 is 31.1 Å². The molecule has 3 N–H and O–H groups in total. The normalized spacial score (nSPS) is 18.7. The lowest BCUT2D eigenvalue weighted by atomic mass is 10.0. The smallest absolute Gasteiger partial charge is 0.418 e. The van der Waals surface area contributed by atoms with Gasteiger partial charge in [0.2, 0.25) is 16.0 Å². The molecule has 5 rings (SSSR count). The van der Waals surface area contributed by atoms with Gasteiger partial charge in [0.15, 0.2) is 0 Å². The second-order valence-corrected chi connectivity index (χ2v) is 12.5. The van der Waals surface area contributed by atoms with Crippen LogP contribution in [0.15, 0.2) is 29.3 Å². The molecule has 0 bridgehead atoms. The van der Waals surface area contributed by atoms with E-state index in [2.05, 4.69) is 30.5 Å². The van der Waals surface area contributed by atoms with Gasteiger partial charge < -0.3 is 25.1 Å². The second-order valence-electron chi connectivity index (χ2n) is 10.5. The number of sulfonamides is 1. The molecule has 2 aliphatic rings. The average Bonchev–Trinajstić information content (AvgIpc) is 3.43. The molecule has 0 radical (unpaired) electrons. The van der Waals surface area contributed by atoms with E-state index in [9.17, 15) is 21.6 Å². The van der Waals surface area contributed by atoms with E-state index >= 15 is 0 Å². The number of aromatic amines is 1. The minimum atomic E-state index is -4.59.